The maximum atomic E-state index is 11.1. The standard InChI is InChI=1S/C11H11NO3/c1-7-10(12-15-11(7)13)8-3-5-9(14-2)6-4-8/h3-7H,1-2H3. The van der Waals surface area contributed by atoms with E-state index in [9.17, 15) is 4.79 Å². The Balaban J connectivity index is 2.27. The Morgan fingerprint density at radius 1 is 1.33 bits per heavy atom. The second kappa shape index (κ2) is 3.73. The highest BCUT2D eigenvalue weighted by atomic mass is 16.7. The van der Waals surface area contributed by atoms with Crippen molar-refractivity contribution in [2.45, 2.75) is 6.92 Å². The van der Waals surface area contributed by atoms with Gasteiger partial charge in [0.15, 0.2) is 0 Å². The quantitative estimate of drug-likeness (QED) is 0.689. The Morgan fingerprint density at radius 3 is 2.47 bits per heavy atom. The second-order valence-corrected chi connectivity index (χ2v) is 3.34. The van der Waals surface area contributed by atoms with E-state index in [4.69, 9.17) is 4.74 Å². The largest absolute Gasteiger partial charge is 0.497 e. The molecular weight excluding hydrogens is 194 g/mol. The average molecular weight is 205 g/mol. The van der Waals surface area contributed by atoms with Gasteiger partial charge in [0, 0.05) is 5.56 Å². The molecule has 4 heteroatoms. The summed E-state index contributed by atoms with van der Waals surface area (Å²) in [6, 6.07) is 7.37. The molecule has 1 aromatic carbocycles. The Kier molecular flexibility index (Phi) is 2.41. The molecule has 0 saturated heterocycles. The lowest BCUT2D eigenvalue weighted by molar-refractivity contribution is -0.142. The van der Waals surface area contributed by atoms with Crippen LogP contribution >= 0.6 is 0 Å². The second-order valence-electron chi connectivity index (χ2n) is 3.34. The van der Waals surface area contributed by atoms with Gasteiger partial charge >= 0.3 is 5.97 Å². The summed E-state index contributed by atoms with van der Waals surface area (Å²) in [5.41, 5.74) is 1.55. The summed E-state index contributed by atoms with van der Waals surface area (Å²) in [5, 5.41) is 3.75. The van der Waals surface area contributed by atoms with Gasteiger partial charge in [0.25, 0.3) is 0 Å². The zero-order chi connectivity index (χ0) is 10.8. The molecule has 0 radical (unpaired) electrons. The smallest absolute Gasteiger partial charge is 0.343 e. The first-order valence-corrected chi connectivity index (χ1v) is 4.65. The van der Waals surface area contributed by atoms with Crippen molar-refractivity contribution in [1.29, 1.82) is 0 Å². The van der Waals surface area contributed by atoms with Crippen molar-refractivity contribution in [2.24, 2.45) is 11.1 Å². The molecule has 0 amide bonds. The van der Waals surface area contributed by atoms with E-state index in [-0.39, 0.29) is 11.9 Å². The molecule has 1 atom stereocenters. The lowest BCUT2D eigenvalue weighted by Gasteiger charge is -2.04. The van der Waals surface area contributed by atoms with Crippen LogP contribution in [0.3, 0.4) is 0 Å². The van der Waals surface area contributed by atoms with Crippen molar-refractivity contribution in [1.82, 2.24) is 0 Å². The van der Waals surface area contributed by atoms with Gasteiger partial charge in [0.05, 0.1) is 7.11 Å². The summed E-state index contributed by atoms with van der Waals surface area (Å²) < 4.78 is 5.04. The maximum absolute atomic E-state index is 11.1. The van der Waals surface area contributed by atoms with E-state index in [1.807, 2.05) is 24.3 Å². The van der Waals surface area contributed by atoms with Crippen molar-refractivity contribution in [3.63, 3.8) is 0 Å². The third kappa shape index (κ3) is 1.70. The predicted molar refractivity (Wildman–Crippen MR) is 54.8 cm³/mol. The molecule has 1 heterocycles. The van der Waals surface area contributed by atoms with Crippen molar-refractivity contribution < 1.29 is 14.4 Å². The Morgan fingerprint density at radius 2 is 2.00 bits per heavy atom. The molecular formula is C11H11NO3. The number of carbonyl (C=O) groups excluding carboxylic acids is 1. The summed E-state index contributed by atoms with van der Waals surface area (Å²) in [7, 11) is 1.61. The summed E-state index contributed by atoms with van der Waals surface area (Å²) in [6.45, 7) is 1.78. The van der Waals surface area contributed by atoms with Crippen molar-refractivity contribution in [3.8, 4) is 5.75 Å². The highest BCUT2D eigenvalue weighted by Crippen LogP contribution is 2.20. The van der Waals surface area contributed by atoms with Crippen LogP contribution < -0.4 is 4.74 Å². The van der Waals surface area contributed by atoms with Gasteiger partial charge in [-0.15, -0.1) is 0 Å². The molecule has 4 nitrogen and oxygen atoms in total. The van der Waals surface area contributed by atoms with E-state index in [0.29, 0.717) is 5.71 Å². The van der Waals surface area contributed by atoms with Crippen LogP contribution in [0.5, 0.6) is 5.75 Å². The van der Waals surface area contributed by atoms with Gasteiger partial charge in [-0.1, -0.05) is 5.16 Å². The van der Waals surface area contributed by atoms with Gasteiger partial charge in [-0.25, -0.2) is 4.79 Å². The molecule has 1 aromatic rings. The SMILES string of the molecule is COc1ccc(C2=NOC(=O)C2C)cc1. The number of carbonyl (C=O) groups is 1. The summed E-state index contributed by atoms with van der Waals surface area (Å²) >= 11 is 0. The van der Waals surface area contributed by atoms with Crippen LogP contribution in [0.4, 0.5) is 0 Å². The van der Waals surface area contributed by atoms with Gasteiger partial charge in [-0.3, -0.25) is 0 Å². The van der Waals surface area contributed by atoms with Gasteiger partial charge in [0.1, 0.15) is 17.4 Å². The predicted octanol–water partition coefficient (Wildman–Crippen LogP) is 1.59. The number of rotatable bonds is 2. The number of nitrogens with zero attached hydrogens (tertiary/aromatic N) is 1. The van der Waals surface area contributed by atoms with E-state index < -0.39 is 0 Å². The highest BCUT2D eigenvalue weighted by molar-refractivity contribution is 6.13. The fourth-order valence-electron chi connectivity index (χ4n) is 1.43. The number of hydrogen-bond donors (Lipinski definition) is 0. The van der Waals surface area contributed by atoms with Gasteiger partial charge in [-0.05, 0) is 31.2 Å². The van der Waals surface area contributed by atoms with E-state index >= 15 is 0 Å². The number of methoxy groups -OCH3 is 1. The van der Waals surface area contributed by atoms with Crippen molar-refractivity contribution in [2.75, 3.05) is 7.11 Å². The number of oxime groups is 1. The summed E-state index contributed by atoms with van der Waals surface area (Å²) in [4.78, 5) is 15.7. The van der Waals surface area contributed by atoms with Crippen LogP contribution in [0.15, 0.2) is 29.4 Å². The minimum Gasteiger partial charge on any atom is -0.497 e. The Labute approximate surface area is 87.5 Å². The van der Waals surface area contributed by atoms with E-state index in [1.54, 1.807) is 14.0 Å². The first-order valence-electron chi connectivity index (χ1n) is 4.65. The van der Waals surface area contributed by atoms with Gasteiger partial charge in [-0.2, -0.15) is 0 Å². The molecule has 78 valence electrons. The first kappa shape index (κ1) is 9.71. The van der Waals surface area contributed by atoms with Crippen molar-refractivity contribution >= 4 is 11.7 Å². The molecule has 0 fully saturated rings. The van der Waals surface area contributed by atoms with Crippen LogP contribution in [0.1, 0.15) is 12.5 Å². The topological polar surface area (TPSA) is 47.9 Å². The van der Waals surface area contributed by atoms with Crippen LogP contribution in [-0.2, 0) is 9.63 Å². The molecule has 1 aliphatic rings. The van der Waals surface area contributed by atoms with Crippen LogP contribution in [0, 0.1) is 5.92 Å². The Hall–Kier alpha value is -1.84. The molecule has 0 spiro atoms. The van der Waals surface area contributed by atoms with Crippen LogP contribution in [0.25, 0.3) is 0 Å². The normalized spacial score (nSPS) is 19.7. The monoisotopic (exact) mass is 205 g/mol. The summed E-state index contributed by atoms with van der Waals surface area (Å²) in [5.74, 6) is 0.177. The van der Waals surface area contributed by atoms with E-state index in [0.717, 1.165) is 11.3 Å². The molecule has 0 saturated carbocycles. The first-order chi connectivity index (χ1) is 7.22. The summed E-state index contributed by atoms with van der Waals surface area (Å²) in [6.07, 6.45) is 0. The number of hydrogen-bond acceptors (Lipinski definition) is 4. The number of ether oxygens (including phenoxy) is 1. The van der Waals surface area contributed by atoms with Gasteiger partial charge < -0.3 is 9.57 Å². The molecule has 0 bridgehead atoms. The molecule has 2 rings (SSSR count). The zero-order valence-corrected chi connectivity index (χ0v) is 8.56. The molecule has 1 unspecified atom stereocenters. The van der Waals surface area contributed by atoms with Crippen molar-refractivity contribution in [3.05, 3.63) is 29.8 Å². The fraction of sp³-hybridized carbons (Fsp3) is 0.273. The van der Waals surface area contributed by atoms with Crippen LogP contribution in [0.2, 0.25) is 0 Å². The van der Waals surface area contributed by atoms with E-state index in [2.05, 4.69) is 9.99 Å². The molecule has 1 aliphatic heterocycles. The fourth-order valence-corrected chi connectivity index (χ4v) is 1.43. The third-order valence-electron chi connectivity index (χ3n) is 2.38. The zero-order valence-electron chi connectivity index (χ0n) is 8.56. The minimum absolute atomic E-state index is 0.293. The lowest BCUT2D eigenvalue weighted by atomic mass is 9.99. The highest BCUT2D eigenvalue weighted by Gasteiger charge is 2.29. The molecule has 0 N–H and O–H groups in total. The average Bonchev–Trinajstić information content (AvgIpc) is 2.60. The maximum Gasteiger partial charge on any atom is 0.343 e. The van der Waals surface area contributed by atoms with E-state index in [1.165, 1.54) is 0 Å². The molecule has 0 aliphatic carbocycles. The number of benzene rings is 1. The van der Waals surface area contributed by atoms with Crippen LogP contribution in [-0.4, -0.2) is 18.8 Å². The molecule has 15 heavy (non-hydrogen) atoms. The third-order valence-corrected chi connectivity index (χ3v) is 2.38. The van der Waals surface area contributed by atoms with Gasteiger partial charge in [0.2, 0.25) is 0 Å². The Bertz CT molecular complexity index is 408. The minimum atomic E-state index is -0.305. The lowest BCUT2D eigenvalue weighted by Crippen LogP contribution is -2.15. The molecule has 0 aromatic heterocycles.